The van der Waals surface area contributed by atoms with Crippen LogP contribution in [0.15, 0.2) is 97.1 Å². The molecule has 4 aromatic carbocycles. The third-order valence-corrected chi connectivity index (χ3v) is 7.25. The highest BCUT2D eigenvalue weighted by Crippen LogP contribution is 2.32. The van der Waals surface area contributed by atoms with Crippen LogP contribution in [-0.2, 0) is 0 Å². The topological polar surface area (TPSA) is 91.8 Å². The molecular formula is C36H41ClN8O2. The zero-order chi connectivity index (χ0) is 33.9. The van der Waals surface area contributed by atoms with Gasteiger partial charge >= 0.3 is 0 Å². The molecule has 0 spiro atoms. The monoisotopic (exact) mass is 652 g/mol. The first-order chi connectivity index (χ1) is 22.7. The van der Waals surface area contributed by atoms with Crippen LogP contribution in [0.5, 0.6) is 11.5 Å². The van der Waals surface area contributed by atoms with E-state index in [0.29, 0.717) is 5.95 Å². The molecule has 0 aliphatic carbocycles. The van der Waals surface area contributed by atoms with E-state index >= 15 is 0 Å². The number of nitrogens with one attached hydrogen (secondary N) is 1. The van der Waals surface area contributed by atoms with Gasteiger partial charge in [-0.15, -0.1) is 0 Å². The number of halogens is 1. The summed E-state index contributed by atoms with van der Waals surface area (Å²) < 4.78 is 10.4. The molecule has 0 aliphatic rings. The van der Waals surface area contributed by atoms with Crippen molar-refractivity contribution in [1.29, 1.82) is 0 Å². The SMILES string of the molecule is CNC.COc1ccc(N(C)c2nc(Cl)nc3ccccc23)cc1.COc1ccc(N(C)c2nc(N(C)C)nc3ccccc23)cc1. The molecule has 10 nitrogen and oxygen atoms in total. The van der Waals surface area contributed by atoms with Crippen molar-refractivity contribution in [1.82, 2.24) is 25.3 Å². The molecule has 0 atom stereocenters. The molecule has 0 aliphatic heterocycles. The summed E-state index contributed by atoms with van der Waals surface area (Å²) in [6, 6.07) is 31.6. The Morgan fingerprint density at radius 1 is 0.553 bits per heavy atom. The number of para-hydroxylation sites is 2. The van der Waals surface area contributed by atoms with Crippen molar-refractivity contribution >= 4 is 62.4 Å². The van der Waals surface area contributed by atoms with Gasteiger partial charge in [0.15, 0.2) is 0 Å². The third kappa shape index (κ3) is 8.55. The van der Waals surface area contributed by atoms with Crippen LogP contribution in [0.3, 0.4) is 0 Å². The summed E-state index contributed by atoms with van der Waals surface area (Å²) in [4.78, 5) is 23.9. The van der Waals surface area contributed by atoms with Gasteiger partial charge in [0.25, 0.3) is 0 Å². The minimum atomic E-state index is 0.240. The van der Waals surface area contributed by atoms with Crippen LogP contribution in [-0.4, -0.2) is 76.4 Å². The van der Waals surface area contributed by atoms with Gasteiger partial charge in [-0.2, -0.15) is 9.97 Å². The maximum atomic E-state index is 6.03. The van der Waals surface area contributed by atoms with Gasteiger partial charge in [-0.05, 0) is 98.5 Å². The van der Waals surface area contributed by atoms with Crippen molar-refractivity contribution in [3.63, 3.8) is 0 Å². The Morgan fingerprint density at radius 3 is 1.38 bits per heavy atom. The number of ether oxygens (including phenoxy) is 2. The number of nitrogens with zero attached hydrogens (tertiary/aromatic N) is 7. The lowest BCUT2D eigenvalue weighted by molar-refractivity contribution is 0.414. The maximum absolute atomic E-state index is 6.03. The average molecular weight is 653 g/mol. The molecular weight excluding hydrogens is 612 g/mol. The predicted molar refractivity (Wildman–Crippen MR) is 196 cm³/mol. The van der Waals surface area contributed by atoms with Gasteiger partial charge < -0.3 is 29.5 Å². The lowest BCUT2D eigenvalue weighted by atomic mass is 10.2. The molecule has 1 N–H and O–H groups in total. The van der Waals surface area contributed by atoms with E-state index < -0.39 is 0 Å². The van der Waals surface area contributed by atoms with E-state index in [9.17, 15) is 0 Å². The standard InChI is InChI=1S/C18H20N4O.C16H14ClN3O.C2H7N/c1-21(2)18-19-16-8-6-5-7-15(16)17(20-18)22(3)13-9-11-14(23-4)12-10-13;1-20(11-7-9-12(21-2)10-8-11)15-13-5-3-4-6-14(13)18-16(17)19-15;1-3-2/h5-12H,1-4H3;3-10H,1-2H3;3H,1-2H3. The fraction of sp³-hybridized carbons (Fsp3) is 0.222. The van der Waals surface area contributed by atoms with Crippen molar-refractivity contribution < 1.29 is 9.47 Å². The van der Waals surface area contributed by atoms with Crippen LogP contribution < -0.4 is 29.5 Å². The van der Waals surface area contributed by atoms with E-state index in [1.54, 1.807) is 14.2 Å². The second-order valence-electron chi connectivity index (χ2n) is 10.6. The van der Waals surface area contributed by atoms with E-state index in [1.165, 1.54) is 0 Å². The summed E-state index contributed by atoms with van der Waals surface area (Å²) in [5, 5.41) is 4.97. The molecule has 11 heteroatoms. The van der Waals surface area contributed by atoms with Crippen LogP contribution in [0.2, 0.25) is 5.28 Å². The van der Waals surface area contributed by atoms with Gasteiger partial charge in [-0.25, -0.2) is 9.97 Å². The molecule has 0 radical (unpaired) electrons. The Hall–Kier alpha value is -5.19. The van der Waals surface area contributed by atoms with Gasteiger partial charge in [-0.1, -0.05) is 24.3 Å². The highest BCUT2D eigenvalue weighted by atomic mass is 35.5. The molecule has 6 aromatic rings. The van der Waals surface area contributed by atoms with Gasteiger partial charge in [-0.3, -0.25) is 0 Å². The second kappa shape index (κ2) is 16.4. The summed E-state index contributed by atoms with van der Waals surface area (Å²) in [6.45, 7) is 0. The van der Waals surface area contributed by atoms with Gasteiger partial charge in [0, 0.05) is 50.3 Å². The quantitative estimate of drug-likeness (QED) is 0.176. The molecule has 2 heterocycles. The van der Waals surface area contributed by atoms with Crippen LogP contribution in [0.1, 0.15) is 0 Å². The minimum absolute atomic E-state index is 0.240. The van der Waals surface area contributed by atoms with E-state index in [-0.39, 0.29) is 5.28 Å². The number of hydrogen-bond acceptors (Lipinski definition) is 10. The average Bonchev–Trinajstić information content (AvgIpc) is 3.10. The molecule has 47 heavy (non-hydrogen) atoms. The van der Waals surface area contributed by atoms with Crippen LogP contribution >= 0.6 is 11.6 Å². The Bertz CT molecular complexity index is 1890. The third-order valence-electron chi connectivity index (χ3n) is 7.08. The van der Waals surface area contributed by atoms with Crippen molar-refractivity contribution in [3.05, 3.63) is 102 Å². The van der Waals surface area contributed by atoms with Gasteiger partial charge in [0.1, 0.15) is 23.1 Å². The summed E-state index contributed by atoms with van der Waals surface area (Å²) in [6.07, 6.45) is 0. The minimum Gasteiger partial charge on any atom is -0.497 e. The molecule has 0 fully saturated rings. The lowest BCUT2D eigenvalue weighted by Gasteiger charge is -2.22. The fourth-order valence-electron chi connectivity index (χ4n) is 4.65. The summed E-state index contributed by atoms with van der Waals surface area (Å²) in [5.74, 6) is 4.00. The summed E-state index contributed by atoms with van der Waals surface area (Å²) >= 11 is 6.03. The van der Waals surface area contributed by atoms with Crippen molar-refractivity contribution in [2.45, 2.75) is 0 Å². The van der Waals surface area contributed by atoms with Crippen molar-refractivity contribution in [2.75, 3.05) is 71.2 Å². The molecule has 6 rings (SSSR count). The van der Waals surface area contributed by atoms with Crippen LogP contribution in [0.25, 0.3) is 21.8 Å². The normalized spacial score (nSPS) is 10.3. The maximum Gasteiger partial charge on any atom is 0.227 e. The highest BCUT2D eigenvalue weighted by molar-refractivity contribution is 6.28. The smallest absolute Gasteiger partial charge is 0.227 e. The molecule has 2 aromatic heterocycles. The zero-order valence-corrected chi connectivity index (χ0v) is 28.8. The Morgan fingerprint density at radius 2 is 0.957 bits per heavy atom. The van der Waals surface area contributed by atoms with Crippen LogP contribution in [0, 0.1) is 0 Å². The van der Waals surface area contributed by atoms with Gasteiger partial charge in [0.2, 0.25) is 11.2 Å². The number of fused-ring (bicyclic) bond motifs is 2. The molecule has 0 amide bonds. The summed E-state index contributed by atoms with van der Waals surface area (Å²) in [7, 11) is 14.9. The first-order valence-electron chi connectivity index (χ1n) is 14.9. The second-order valence-corrected chi connectivity index (χ2v) is 10.9. The first kappa shape index (κ1) is 34.7. The van der Waals surface area contributed by atoms with E-state index in [4.69, 9.17) is 26.1 Å². The number of hydrogen-bond donors (Lipinski definition) is 1. The number of anilines is 5. The molecule has 0 bridgehead atoms. The predicted octanol–water partition coefficient (Wildman–Crippen LogP) is 7.37. The largest absolute Gasteiger partial charge is 0.497 e. The van der Waals surface area contributed by atoms with Crippen molar-refractivity contribution in [3.8, 4) is 11.5 Å². The summed E-state index contributed by atoms with van der Waals surface area (Å²) in [5.41, 5.74) is 3.80. The Kier molecular flexibility index (Phi) is 12.1. The van der Waals surface area contributed by atoms with Crippen LogP contribution in [0.4, 0.5) is 29.0 Å². The number of aromatic nitrogens is 4. The molecule has 0 saturated heterocycles. The molecule has 244 valence electrons. The fourth-order valence-corrected chi connectivity index (χ4v) is 4.82. The van der Waals surface area contributed by atoms with Crippen molar-refractivity contribution in [2.24, 2.45) is 0 Å². The highest BCUT2D eigenvalue weighted by Gasteiger charge is 2.15. The molecule has 0 saturated carbocycles. The number of benzene rings is 4. The molecule has 0 unspecified atom stereocenters. The number of rotatable bonds is 7. The first-order valence-corrected chi connectivity index (χ1v) is 15.3. The zero-order valence-electron chi connectivity index (χ0n) is 28.1. The lowest BCUT2D eigenvalue weighted by Crippen LogP contribution is -2.17. The van der Waals surface area contributed by atoms with E-state index in [2.05, 4.69) is 25.2 Å². The Balaban J connectivity index is 0.000000197. The van der Waals surface area contributed by atoms with Gasteiger partial charge in [0.05, 0.1) is 25.3 Å². The van der Waals surface area contributed by atoms with E-state index in [0.717, 1.165) is 56.3 Å². The van der Waals surface area contributed by atoms with E-state index in [1.807, 2.05) is 149 Å². The number of methoxy groups -OCH3 is 2. The Labute approximate surface area is 281 Å².